The maximum absolute atomic E-state index is 13.2. The fourth-order valence-electron chi connectivity index (χ4n) is 10.5. The zero-order valence-corrected chi connectivity index (χ0v) is 57.0. The lowest BCUT2D eigenvalue weighted by Crippen LogP contribution is -2.37. The summed E-state index contributed by atoms with van der Waals surface area (Å²) in [6.45, 7) is 19.0. The number of nitrogens with zero attached hydrogens (tertiary/aromatic N) is 5. The molecule has 3 aromatic carbocycles. The third-order valence-electron chi connectivity index (χ3n) is 15.7. The van der Waals surface area contributed by atoms with Crippen LogP contribution < -0.4 is 34.3 Å². The van der Waals surface area contributed by atoms with Gasteiger partial charge in [0, 0.05) is 57.4 Å². The smallest absolute Gasteiger partial charge is 0.410 e. The molecule has 4 aromatic rings. The number of fused-ring (bicyclic) bond motifs is 2. The lowest BCUT2D eigenvalue weighted by atomic mass is 9.87. The number of hydroxylamine groups is 2. The number of carbonyl (C=O) groups excluding carboxylic acids is 6. The number of ether oxygens (including phenoxy) is 9. The van der Waals surface area contributed by atoms with Gasteiger partial charge >= 0.3 is 12.1 Å². The van der Waals surface area contributed by atoms with Gasteiger partial charge in [0.1, 0.15) is 45.6 Å². The van der Waals surface area contributed by atoms with Crippen molar-refractivity contribution in [2.45, 2.75) is 181 Å². The molecule has 1 unspecified atom stereocenters. The van der Waals surface area contributed by atoms with E-state index in [1.54, 1.807) is 23.1 Å². The van der Waals surface area contributed by atoms with Crippen LogP contribution in [0.4, 0.5) is 4.79 Å². The van der Waals surface area contributed by atoms with E-state index in [0.29, 0.717) is 145 Å². The largest absolute Gasteiger partial charge is 0.487 e. The first-order valence-electron chi connectivity index (χ1n) is 34.0. The highest BCUT2D eigenvalue weighted by molar-refractivity contribution is 6.04. The summed E-state index contributed by atoms with van der Waals surface area (Å²) in [5.41, 5.74) is 3.30. The van der Waals surface area contributed by atoms with Gasteiger partial charge in [0.15, 0.2) is 34.9 Å². The molecule has 1 aromatic heterocycles. The van der Waals surface area contributed by atoms with Crippen LogP contribution in [-0.4, -0.2) is 160 Å². The summed E-state index contributed by atoms with van der Waals surface area (Å²) in [7, 11) is 1.95. The van der Waals surface area contributed by atoms with E-state index in [0.717, 1.165) is 94.7 Å². The molecule has 0 radical (unpaired) electrons. The van der Waals surface area contributed by atoms with Crippen molar-refractivity contribution in [3.8, 4) is 23.0 Å². The second kappa shape index (κ2) is 41.5. The average Bonchev–Trinajstić information content (AvgIpc) is 1.63. The minimum atomic E-state index is -0.892. The van der Waals surface area contributed by atoms with Crippen molar-refractivity contribution in [3.05, 3.63) is 95.3 Å². The lowest BCUT2D eigenvalue weighted by Gasteiger charge is -2.28. The average molecular weight is 1310 g/mol. The fourth-order valence-corrected chi connectivity index (χ4v) is 10.5. The van der Waals surface area contributed by atoms with Gasteiger partial charge in [-0.05, 0) is 113 Å². The Labute approximate surface area is 556 Å². The number of imide groups is 1. The van der Waals surface area contributed by atoms with Crippen molar-refractivity contribution >= 4 is 35.7 Å². The summed E-state index contributed by atoms with van der Waals surface area (Å²) in [5, 5.41) is 11.1. The Morgan fingerprint density at radius 3 is 1.74 bits per heavy atom. The van der Waals surface area contributed by atoms with Gasteiger partial charge in [-0.2, -0.15) is 0 Å². The Kier molecular flexibility index (Phi) is 33.4. The van der Waals surface area contributed by atoms with Crippen molar-refractivity contribution < 1.29 is 80.9 Å². The van der Waals surface area contributed by atoms with Crippen LogP contribution in [0, 0.1) is 5.92 Å². The summed E-state index contributed by atoms with van der Waals surface area (Å²) >= 11 is 0. The maximum atomic E-state index is 13.2. The molecule has 0 spiro atoms. The number of aromatic nitrogens is 3. The zero-order chi connectivity index (χ0) is 67.4. The number of amides is 5. The van der Waals surface area contributed by atoms with Gasteiger partial charge in [0.2, 0.25) is 5.91 Å². The van der Waals surface area contributed by atoms with E-state index < -0.39 is 29.3 Å². The Balaban J connectivity index is 0.765. The minimum absolute atomic E-state index is 0.0322. The van der Waals surface area contributed by atoms with E-state index >= 15 is 0 Å². The highest BCUT2D eigenvalue weighted by Crippen LogP contribution is 2.30. The molecule has 0 saturated carbocycles. The standard InChI is InChI=1S/C71H105N7O16/c1-70(2,3)58-31-28-55(29-32-58)53-76(69(84)93-71(4,5)6)36-22-14-13-20-34-72-64(79)51-57-52-65(80)78(68(57)83)94-66(81)27-17-15-23-37-77-54-59(75(7)74-77)24-16-11-9-8-10-12-21-35-73-67(82)56-30-33-62-63(50-56)92-49-45-88-41-40-86-43-47-90-61-26-19-18-25-60(61)89-46-42-85-38-39-87-44-48-91-62/h18-19,25-26,28-33,50,54,57H,8-17,20-24,27,34-49,51-53H2,1-7H3,(H-,72,73,79,82)/p+1. The van der Waals surface area contributed by atoms with Gasteiger partial charge in [-0.25, -0.2) is 9.59 Å². The number of carbonyl (C=O) groups is 6. The number of nitrogens with one attached hydrogen (secondary N) is 2. The van der Waals surface area contributed by atoms with Crippen LogP contribution in [0.2, 0.25) is 0 Å². The molecule has 23 heteroatoms. The van der Waals surface area contributed by atoms with Gasteiger partial charge in [0.25, 0.3) is 17.7 Å². The third kappa shape index (κ3) is 29.1. The second-order valence-corrected chi connectivity index (χ2v) is 25.8. The highest BCUT2D eigenvalue weighted by Gasteiger charge is 2.42. The topological polar surface area (TPSA) is 247 Å². The molecule has 520 valence electrons. The fraction of sp³-hybridized carbons (Fsp3) is 0.634. The predicted molar refractivity (Wildman–Crippen MR) is 352 cm³/mol. The molecule has 2 aliphatic heterocycles. The van der Waals surface area contributed by atoms with Crippen LogP contribution in [0.3, 0.4) is 0 Å². The number of hydrogen-bond acceptors (Lipinski definition) is 17. The maximum Gasteiger partial charge on any atom is 0.410 e. The van der Waals surface area contributed by atoms with Crippen molar-refractivity contribution in [1.29, 1.82) is 0 Å². The normalized spacial score (nSPS) is 15.8. The zero-order valence-electron chi connectivity index (χ0n) is 57.0. The number of benzene rings is 3. The number of rotatable bonds is 29. The van der Waals surface area contributed by atoms with Crippen molar-refractivity contribution in [3.63, 3.8) is 0 Å². The summed E-state index contributed by atoms with van der Waals surface area (Å²) < 4.78 is 56.1. The Bertz CT molecular complexity index is 2930. The number of aryl methyl sites for hydroxylation is 3. The molecular weight excluding hydrogens is 1210 g/mol. The van der Waals surface area contributed by atoms with E-state index in [4.69, 9.17) is 47.5 Å². The molecule has 23 nitrogen and oxygen atoms in total. The molecule has 2 aliphatic rings. The van der Waals surface area contributed by atoms with E-state index in [1.165, 1.54) is 5.56 Å². The molecule has 94 heavy (non-hydrogen) atoms. The van der Waals surface area contributed by atoms with Crippen molar-refractivity contribution in [2.75, 3.05) is 98.9 Å². The van der Waals surface area contributed by atoms with Gasteiger partial charge in [-0.3, -0.25) is 19.2 Å². The molecular formula is C71H106N7O16+. The molecule has 0 bridgehead atoms. The van der Waals surface area contributed by atoms with Crippen molar-refractivity contribution in [1.82, 2.24) is 30.5 Å². The summed E-state index contributed by atoms with van der Waals surface area (Å²) in [5.74, 6) is -1.16. The summed E-state index contributed by atoms with van der Waals surface area (Å²) in [4.78, 5) is 84.6. The number of unbranched alkanes of at least 4 members (excludes halogenated alkanes) is 11. The highest BCUT2D eigenvalue weighted by atomic mass is 16.7. The molecule has 5 amide bonds. The SMILES string of the molecule is Cn1n[n+](CCCCCC(=O)ON2C(=O)CC(CC(=O)NCCCCCCN(Cc3ccc(C(C)(C)C)cc3)C(=O)OC(C)(C)C)C2=O)cc1CCCCCCCCCNC(=O)c1ccc2c(c1)OCCOCCOCCOc1ccccc1OCCOCCOCCO2. The van der Waals surface area contributed by atoms with Gasteiger partial charge in [-0.15, -0.1) is 14.4 Å². The minimum Gasteiger partial charge on any atom is -0.487 e. The van der Waals surface area contributed by atoms with Crippen LogP contribution >= 0.6 is 0 Å². The van der Waals surface area contributed by atoms with Crippen LogP contribution in [0.25, 0.3) is 0 Å². The molecule has 0 aliphatic carbocycles. The first-order chi connectivity index (χ1) is 45.3. The molecule has 1 fully saturated rings. The number of para-hydroxylation sites is 2. The Morgan fingerprint density at radius 2 is 1.15 bits per heavy atom. The van der Waals surface area contributed by atoms with Gasteiger partial charge in [0.05, 0.1) is 64.0 Å². The molecule has 3 heterocycles. The lowest BCUT2D eigenvalue weighted by molar-refractivity contribution is -0.755. The Hall–Kier alpha value is -7.34. The van der Waals surface area contributed by atoms with Crippen molar-refractivity contribution in [2.24, 2.45) is 13.0 Å². The molecule has 2 N–H and O–H groups in total. The molecule has 1 atom stereocenters. The monoisotopic (exact) mass is 1310 g/mol. The third-order valence-corrected chi connectivity index (χ3v) is 15.7. The first kappa shape index (κ1) is 75.7. The Morgan fingerprint density at radius 1 is 0.617 bits per heavy atom. The first-order valence-corrected chi connectivity index (χ1v) is 34.0. The summed E-state index contributed by atoms with van der Waals surface area (Å²) in [6, 6.07) is 21.0. The van der Waals surface area contributed by atoms with E-state index in [1.807, 2.05) is 61.4 Å². The second-order valence-electron chi connectivity index (χ2n) is 25.8. The van der Waals surface area contributed by atoms with Crippen LogP contribution in [0.15, 0.2) is 72.9 Å². The van der Waals surface area contributed by atoms with Crippen LogP contribution in [0.1, 0.15) is 178 Å². The number of hydrogen-bond donors (Lipinski definition) is 2. The molecule has 6 rings (SSSR count). The summed E-state index contributed by atoms with van der Waals surface area (Å²) in [6.07, 6.45) is 14.8. The van der Waals surface area contributed by atoms with Gasteiger partial charge < -0.3 is 63.0 Å². The van der Waals surface area contributed by atoms with E-state index in [9.17, 15) is 28.8 Å². The van der Waals surface area contributed by atoms with Crippen LogP contribution in [0.5, 0.6) is 23.0 Å². The van der Waals surface area contributed by atoms with Gasteiger partial charge in [-0.1, -0.05) is 102 Å². The molecule has 1 saturated heterocycles. The quantitative estimate of drug-likeness (QED) is 0.0292. The van der Waals surface area contributed by atoms with E-state index in [-0.39, 0.29) is 55.8 Å². The van der Waals surface area contributed by atoms with Crippen LogP contribution in [-0.2, 0) is 79.7 Å². The van der Waals surface area contributed by atoms with E-state index in [2.05, 4.69) is 67.1 Å². The predicted octanol–water partition coefficient (Wildman–Crippen LogP) is 9.90.